The fraction of sp³-hybridized carbons (Fsp3) is 0. The van der Waals surface area contributed by atoms with Gasteiger partial charge in [-0.15, -0.1) is 11.3 Å². The van der Waals surface area contributed by atoms with Crippen molar-refractivity contribution in [2.75, 3.05) is 0 Å². The molecule has 4 heteroatoms. The van der Waals surface area contributed by atoms with Gasteiger partial charge in [0.25, 0.3) is 0 Å². The zero-order valence-electron chi connectivity index (χ0n) is 10.4. The van der Waals surface area contributed by atoms with E-state index in [9.17, 15) is 4.39 Å². The van der Waals surface area contributed by atoms with Crippen molar-refractivity contribution in [2.45, 2.75) is 0 Å². The molecule has 96 valence electrons. The molecule has 1 heterocycles. The Morgan fingerprint density at radius 1 is 1.05 bits per heavy atom. The molecular formula is C16H9FN2S. The average Bonchev–Trinajstić information content (AvgIpc) is 2.97. The van der Waals surface area contributed by atoms with Gasteiger partial charge in [0.15, 0.2) is 0 Å². The summed E-state index contributed by atoms with van der Waals surface area (Å²) in [6.07, 6.45) is 0. The van der Waals surface area contributed by atoms with Crippen LogP contribution in [0.25, 0.3) is 21.8 Å². The molecule has 0 bridgehead atoms. The second kappa shape index (κ2) is 5.24. The van der Waals surface area contributed by atoms with Crippen LogP contribution in [0, 0.1) is 17.1 Å². The highest BCUT2D eigenvalue weighted by Crippen LogP contribution is 2.30. The predicted molar refractivity (Wildman–Crippen MR) is 77.7 cm³/mol. The molecule has 3 aromatic rings. The minimum Gasteiger partial charge on any atom is -0.236 e. The van der Waals surface area contributed by atoms with Gasteiger partial charge in [0, 0.05) is 16.5 Å². The van der Waals surface area contributed by atoms with Crippen molar-refractivity contribution >= 4 is 11.3 Å². The van der Waals surface area contributed by atoms with Gasteiger partial charge in [-0.3, -0.25) is 0 Å². The Kier molecular flexibility index (Phi) is 3.28. The number of hydrogen-bond donors (Lipinski definition) is 0. The SMILES string of the molecule is N#Cc1ccc(-c2csc(-c3ccccc3F)n2)cc1. The zero-order valence-corrected chi connectivity index (χ0v) is 11.2. The number of halogens is 1. The Hall–Kier alpha value is -2.51. The smallest absolute Gasteiger partial charge is 0.133 e. The van der Waals surface area contributed by atoms with Crippen molar-refractivity contribution in [3.8, 4) is 27.9 Å². The molecule has 20 heavy (non-hydrogen) atoms. The van der Waals surface area contributed by atoms with Gasteiger partial charge in [-0.05, 0) is 24.3 Å². The van der Waals surface area contributed by atoms with Crippen LogP contribution in [0.1, 0.15) is 5.56 Å². The van der Waals surface area contributed by atoms with E-state index >= 15 is 0 Å². The summed E-state index contributed by atoms with van der Waals surface area (Å²) in [6.45, 7) is 0. The monoisotopic (exact) mass is 280 g/mol. The lowest BCUT2D eigenvalue weighted by molar-refractivity contribution is 0.631. The first kappa shape index (κ1) is 12.5. The van der Waals surface area contributed by atoms with E-state index in [1.807, 2.05) is 17.5 Å². The summed E-state index contributed by atoms with van der Waals surface area (Å²) in [4.78, 5) is 4.46. The van der Waals surface area contributed by atoms with Crippen molar-refractivity contribution < 1.29 is 4.39 Å². The third-order valence-electron chi connectivity index (χ3n) is 2.92. The fourth-order valence-corrected chi connectivity index (χ4v) is 2.74. The van der Waals surface area contributed by atoms with Gasteiger partial charge in [0.05, 0.1) is 17.3 Å². The first-order chi connectivity index (χ1) is 9.78. The first-order valence-electron chi connectivity index (χ1n) is 5.99. The number of nitriles is 1. The Balaban J connectivity index is 1.98. The lowest BCUT2D eigenvalue weighted by Gasteiger charge is -1.98. The summed E-state index contributed by atoms with van der Waals surface area (Å²) < 4.78 is 13.7. The molecule has 0 spiro atoms. The van der Waals surface area contributed by atoms with Gasteiger partial charge in [-0.1, -0.05) is 24.3 Å². The second-order valence-electron chi connectivity index (χ2n) is 4.21. The number of aromatic nitrogens is 1. The normalized spacial score (nSPS) is 10.2. The van der Waals surface area contributed by atoms with E-state index in [2.05, 4.69) is 11.1 Å². The van der Waals surface area contributed by atoms with Gasteiger partial charge < -0.3 is 0 Å². The van der Waals surface area contributed by atoms with E-state index in [4.69, 9.17) is 5.26 Å². The van der Waals surface area contributed by atoms with E-state index in [1.165, 1.54) is 17.4 Å². The highest BCUT2D eigenvalue weighted by Gasteiger charge is 2.10. The Bertz CT molecular complexity index is 785. The number of nitrogens with zero attached hydrogens (tertiary/aromatic N) is 2. The molecule has 0 amide bonds. The lowest BCUT2D eigenvalue weighted by atomic mass is 10.1. The Morgan fingerprint density at radius 2 is 1.80 bits per heavy atom. The maximum atomic E-state index is 13.7. The molecule has 0 aliphatic rings. The Labute approximate surface area is 119 Å². The van der Waals surface area contributed by atoms with Crippen molar-refractivity contribution in [1.82, 2.24) is 4.98 Å². The summed E-state index contributed by atoms with van der Waals surface area (Å²) in [5.41, 5.74) is 2.83. The minimum atomic E-state index is -0.270. The maximum Gasteiger partial charge on any atom is 0.133 e. The standard InChI is InChI=1S/C16H9FN2S/c17-14-4-2-1-3-13(14)16-19-15(10-20-16)12-7-5-11(9-18)6-8-12/h1-8,10H. The van der Waals surface area contributed by atoms with Crippen molar-refractivity contribution in [3.63, 3.8) is 0 Å². The molecule has 0 aliphatic heterocycles. The average molecular weight is 280 g/mol. The highest BCUT2D eigenvalue weighted by molar-refractivity contribution is 7.13. The fourth-order valence-electron chi connectivity index (χ4n) is 1.88. The van der Waals surface area contributed by atoms with E-state index in [-0.39, 0.29) is 5.82 Å². The molecule has 0 saturated heterocycles. The van der Waals surface area contributed by atoms with Crippen LogP contribution in [-0.2, 0) is 0 Å². The summed E-state index contributed by atoms with van der Waals surface area (Å²) in [7, 11) is 0. The first-order valence-corrected chi connectivity index (χ1v) is 6.87. The Morgan fingerprint density at radius 3 is 2.50 bits per heavy atom. The molecule has 1 aromatic heterocycles. The minimum absolute atomic E-state index is 0.270. The van der Waals surface area contributed by atoms with Crippen LogP contribution in [-0.4, -0.2) is 4.98 Å². The van der Waals surface area contributed by atoms with Crippen LogP contribution in [0.3, 0.4) is 0 Å². The largest absolute Gasteiger partial charge is 0.236 e. The number of thiazole rings is 1. The van der Waals surface area contributed by atoms with Crippen LogP contribution < -0.4 is 0 Å². The third-order valence-corrected chi connectivity index (χ3v) is 3.79. The molecule has 0 unspecified atom stereocenters. The third kappa shape index (κ3) is 2.31. The van der Waals surface area contributed by atoms with Gasteiger partial charge >= 0.3 is 0 Å². The van der Waals surface area contributed by atoms with Gasteiger partial charge in [0.1, 0.15) is 10.8 Å². The van der Waals surface area contributed by atoms with Gasteiger partial charge in [0.2, 0.25) is 0 Å². The van der Waals surface area contributed by atoms with Crippen molar-refractivity contribution in [2.24, 2.45) is 0 Å². The van der Waals surface area contributed by atoms with E-state index in [0.29, 0.717) is 16.1 Å². The molecule has 0 aliphatic carbocycles. The van der Waals surface area contributed by atoms with Crippen LogP contribution in [0.5, 0.6) is 0 Å². The molecule has 2 aromatic carbocycles. The summed E-state index contributed by atoms with van der Waals surface area (Å²) >= 11 is 1.41. The zero-order chi connectivity index (χ0) is 13.9. The number of rotatable bonds is 2. The van der Waals surface area contributed by atoms with E-state index in [0.717, 1.165) is 11.3 Å². The summed E-state index contributed by atoms with van der Waals surface area (Å²) in [5.74, 6) is -0.270. The molecule has 0 N–H and O–H groups in total. The van der Waals surface area contributed by atoms with Crippen LogP contribution in [0.2, 0.25) is 0 Å². The summed E-state index contributed by atoms with van der Waals surface area (Å²) in [6, 6.07) is 15.9. The van der Waals surface area contributed by atoms with E-state index < -0.39 is 0 Å². The van der Waals surface area contributed by atoms with Gasteiger partial charge in [-0.25, -0.2) is 9.37 Å². The molecular weight excluding hydrogens is 271 g/mol. The molecule has 0 saturated carbocycles. The second-order valence-corrected chi connectivity index (χ2v) is 5.07. The molecule has 0 atom stereocenters. The maximum absolute atomic E-state index is 13.7. The van der Waals surface area contributed by atoms with Crippen LogP contribution >= 0.6 is 11.3 Å². The molecule has 0 radical (unpaired) electrons. The van der Waals surface area contributed by atoms with Crippen LogP contribution in [0.15, 0.2) is 53.9 Å². The quantitative estimate of drug-likeness (QED) is 0.693. The van der Waals surface area contributed by atoms with Crippen molar-refractivity contribution in [1.29, 1.82) is 5.26 Å². The molecule has 2 nitrogen and oxygen atoms in total. The van der Waals surface area contributed by atoms with E-state index in [1.54, 1.807) is 30.3 Å². The molecule has 3 rings (SSSR count). The van der Waals surface area contributed by atoms with Crippen LogP contribution in [0.4, 0.5) is 4.39 Å². The topological polar surface area (TPSA) is 36.7 Å². The highest BCUT2D eigenvalue weighted by atomic mass is 32.1. The lowest BCUT2D eigenvalue weighted by Crippen LogP contribution is -1.83. The molecule has 0 fully saturated rings. The number of hydrogen-bond acceptors (Lipinski definition) is 3. The van der Waals surface area contributed by atoms with Crippen molar-refractivity contribution in [3.05, 3.63) is 65.3 Å². The predicted octanol–water partition coefficient (Wildman–Crippen LogP) is 4.49. The summed E-state index contributed by atoms with van der Waals surface area (Å²) in [5, 5.41) is 11.3. The number of benzene rings is 2. The van der Waals surface area contributed by atoms with Gasteiger partial charge in [-0.2, -0.15) is 5.26 Å².